The fourth-order valence-corrected chi connectivity index (χ4v) is 2.89. The maximum Gasteiger partial charge on any atom is 0.268 e. The lowest BCUT2D eigenvalue weighted by Crippen LogP contribution is -2.48. The van der Waals surface area contributed by atoms with E-state index >= 15 is 0 Å². The van der Waals surface area contributed by atoms with E-state index in [9.17, 15) is 4.79 Å². The number of hydrogen-bond donors (Lipinski definition) is 1. The van der Waals surface area contributed by atoms with E-state index in [0.717, 1.165) is 36.3 Å². The number of carbonyl (C=O) groups is 1. The SMILES string of the molecule is CCCC(N)c1ccc2c(c1)N(CCC)C(=O)C(C(C)C)O2. The van der Waals surface area contributed by atoms with Gasteiger partial charge >= 0.3 is 0 Å². The molecule has 1 aliphatic heterocycles. The molecule has 122 valence electrons. The van der Waals surface area contributed by atoms with Gasteiger partial charge in [-0.05, 0) is 36.5 Å². The van der Waals surface area contributed by atoms with Crippen LogP contribution in [0.3, 0.4) is 0 Å². The van der Waals surface area contributed by atoms with Crippen LogP contribution in [-0.2, 0) is 4.79 Å². The highest BCUT2D eigenvalue weighted by Crippen LogP contribution is 2.37. The number of ether oxygens (including phenoxy) is 1. The molecule has 1 aromatic rings. The molecule has 0 bridgehead atoms. The number of benzene rings is 1. The molecule has 4 heteroatoms. The second kappa shape index (κ2) is 7.14. The van der Waals surface area contributed by atoms with Gasteiger partial charge in [0.05, 0.1) is 5.69 Å². The van der Waals surface area contributed by atoms with Crippen molar-refractivity contribution < 1.29 is 9.53 Å². The number of hydrogen-bond acceptors (Lipinski definition) is 3. The first kappa shape index (κ1) is 16.8. The Morgan fingerprint density at radius 1 is 1.27 bits per heavy atom. The maximum absolute atomic E-state index is 12.7. The summed E-state index contributed by atoms with van der Waals surface area (Å²) in [5, 5.41) is 0. The largest absolute Gasteiger partial charge is 0.478 e. The van der Waals surface area contributed by atoms with Gasteiger partial charge in [-0.15, -0.1) is 0 Å². The highest BCUT2D eigenvalue weighted by molar-refractivity contribution is 6.00. The minimum atomic E-state index is -0.394. The monoisotopic (exact) mass is 304 g/mol. The van der Waals surface area contributed by atoms with Gasteiger partial charge in [0.15, 0.2) is 6.10 Å². The van der Waals surface area contributed by atoms with E-state index < -0.39 is 6.10 Å². The Kier molecular flexibility index (Phi) is 5.46. The smallest absolute Gasteiger partial charge is 0.268 e. The van der Waals surface area contributed by atoms with Crippen LogP contribution in [0.5, 0.6) is 5.75 Å². The molecule has 0 spiro atoms. The van der Waals surface area contributed by atoms with Crippen LogP contribution in [-0.4, -0.2) is 18.6 Å². The van der Waals surface area contributed by atoms with E-state index in [1.54, 1.807) is 0 Å². The molecule has 0 saturated heterocycles. The molecule has 22 heavy (non-hydrogen) atoms. The van der Waals surface area contributed by atoms with Crippen LogP contribution in [0.25, 0.3) is 0 Å². The average molecular weight is 304 g/mol. The second-order valence-electron chi connectivity index (χ2n) is 6.39. The van der Waals surface area contributed by atoms with Gasteiger partial charge in [-0.3, -0.25) is 4.79 Å². The lowest BCUT2D eigenvalue weighted by molar-refractivity contribution is -0.128. The summed E-state index contributed by atoms with van der Waals surface area (Å²) in [6.45, 7) is 8.96. The molecule has 4 nitrogen and oxygen atoms in total. The van der Waals surface area contributed by atoms with Crippen LogP contribution in [0.4, 0.5) is 5.69 Å². The van der Waals surface area contributed by atoms with Crippen molar-refractivity contribution in [3.63, 3.8) is 0 Å². The van der Waals surface area contributed by atoms with Crippen molar-refractivity contribution >= 4 is 11.6 Å². The van der Waals surface area contributed by atoms with Gasteiger partial charge in [0.1, 0.15) is 5.75 Å². The van der Waals surface area contributed by atoms with E-state index in [4.69, 9.17) is 10.5 Å². The molecule has 0 radical (unpaired) electrons. The van der Waals surface area contributed by atoms with Gasteiger partial charge in [-0.25, -0.2) is 0 Å². The zero-order valence-electron chi connectivity index (χ0n) is 14.1. The molecule has 2 unspecified atom stereocenters. The first-order chi connectivity index (χ1) is 10.5. The maximum atomic E-state index is 12.7. The molecule has 1 aromatic carbocycles. The number of carbonyl (C=O) groups excluding carboxylic acids is 1. The number of fused-ring (bicyclic) bond motifs is 1. The van der Waals surface area contributed by atoms with Gasteiger partial charge in [0.25, 0.3) is 5.91 Å². The summed E-state index contributed by atoms with van der Waals surface area (Å²) in [5.74, 6) is 1.01. The first-order valence-electron chi connectivity index (χ1n) is 8.37. The summed E-state index contributed by atoms with van der Waals surface area (Å²) in [6.07, 6.45) is 2.51. The summed E-state index contributed by atoms with van der Waals surface area (Å²) < 4.78 is 5.94. The zero-order valence-corrected chi connectivity index (χ0v) is 14.1. The second-order valence-corrected chi connectivity index (χ2v) is 6.39. The lowest BCUT2D eigenvalue weighted by Gasteiger charge is -2.36. The molecule has 2 N–H and O–H groups in total. The van der Waals surface area contributed by atoms with E-state index in [2.05, 4.69) is 13.8 Å². The molecule has 0 saturated carbocycles. The standard InChI is InChI=1S/C18H28N2O2/c1-5-7-14(19)13-8-9-16-15(11-13)20(10-6-2)18(21)17(22-16)12(3)4/h8-9,11-12,14,17H,5-7,10,19H2,1-4H3. The van der Waals surface area contributed by atoms with Gasteiger partial charge in [-0.1, -0.05) is 40.2 Å². The molecule has 1 amide bonds. The predicted molar refractivity (Wildman–Crippen MR) is 90.2 cm³/mol. The van der Waals surface area contributed by atoms with Gasteiger partial charge in [-0.2, -0.15) is 0 Å². The molecule has 2 atom stereocenters. The Labute approximate surface area is 133 Å². The third-order valence-corrected chi connectivity index (χ3v) is 4.12. The minimum absolute atomic E-state index is 0.0108. The van der Waals surface area contributed by atoms with Crippen molar-refractivity contribution in [3.05, 3.63) is 23.8 Å². The normalized spacial score (nSPS) is 19.1. The topological polar surface area (TPSA) is 55.6 Å². The highest BCUT2D eigenvalue weighted by Gasteiger charge is 2.36. The van der Waals surface area contributed by atoms with E-state index in [1.807, 2.05) is 36.9 Å². The fourth-order valence-electron chi connectivity index (χ4n) is 2.89. The van der Waals surface area contributed by atoms with Crippen LogP contribution in [0, 0.1) is 5.92 Å². The summed E-state index contributed by atoms with van der Waals surface area (Å²) in [5.41, 5.74) is 8.16. The number of rotatable bonds is 6. The quantitative estimate of drug-likeness (QED) is 0.873. The summed E-state index contributed by atoms with van der Waals surface area (Å²) >= 11 is 0. The van der Waals surface area contributed by atoms with Gasteiger partial charge in [0.2, 0.25) is 0 Å². The Bertz CT molecular complexity index is 528. The van der Waals surface area contributed by atoms with Crippen LogP contribution in [0.2, 0.25) is 0 Å². The third-order valence-electron chi connectivity index (χ3n) is 4.12. The Hall–Kier alpha value is -1.55. The summed E-state index contributed by atoms with van der Waals surface area (Å²) in [6, 6.07) is 6.03. The minimum Gasteiger partial charge on any atom is -0.478 e. The molecule has 1 heterocycles. The Morgan fingerprint density at radius 2 is 2.00 bits per heavy atom. The van der Waals surface area contributed by atoms with E-state index in [-0.39, 0.29) is 17.9 Å². The van der Waals surface area contributed by atoms with Crippen molar-refractivity contribution in [1.82, 2.24) is 0 Å². The third kappa shape index (κ3) is 3.27. The molecule has 2 rings (SSSR count). The van der Waals surface area contributed by atoms with Gasteiger partial charge < -0.3 is 15.4 Å². The van der Waals surface area contributed by atoms with Crippen LogP contribution < -0.4 is 15.4 Å². The summed E-state index contributed by atoms with van der Waals surface area (Å²) in [4.78, 5) is 14.6. The highest BCUT2D eigenvalue weighted by atomic mass is 16.5. The molecule has 1 aliphatic rings. The zero-order chi connectivity index (χ0) is 16.3. The number of nitrogens with zero attached hydrogens (tertiary/aromatic N) is 1. The Morgan fingerprint density at radius 3 is 2.59 bits per heavy atom. The number of nitrogens with two attached hydrogens (primary N) is 1. The average Bonchev–Trinajstić information content (AvgIpc) is 2.49. The van der Waals surface area contributed by atoms with E-state index in [1.165, 1.54) is 0 Å². The number of anilines is 1. The van der Waals surface area contributed by atoms with Crippen molar-refractivity contribution in [2.45, 2.75) is 59.1 Å². The predicted octanol–water partition coefficient (Wildman–Crippen LogP) is 3.65. The number of amides is 1. The van der Waals surface area contributed by atoms with Gasteiger partial charge in [0, 0.05) is 12.6 Å². The van der Waals surface area contributed by atoms with Crippen molar-refractivity contribution in [2.75, 3.05) is 11.4 Å². The first-order valence-corrected chi connectivity index (χ1v) is 8.37. The molecular weight excluding hydrogens is 276 g/mol. The molecule has 0 fully saturated rings. The van der Waals surface area contributed by atoms with Crippen molar-refractivity contribution in [3.8, 4) is 5.75 Å². The molecule has 0 aliphatic carbocycles. The van der Waals surface area contributed by atoms with Crippen molar-refractivity contribution in [2.24, 2.45) is 11.7 Å². The van der Waals surface area contributed by atoms with E-state index in [0.29, 0.717) is 6.54 Å². The Balaban J connectivity index is 2.39. The van der Waals surface area contributed by atoms with Crippen LogP contribution in [0.15, 0.2) is 18.2 Å². The van der Waals surface area contributed by atoms with Crippen LogP contribution in [0.1, 0.15) is 58.6 Å². The molecular formula is C18H28N2O2. The molecule has 0 aromatic heterocycles. The fraction of sp³-hybridized carbons (Fsp3) is 0.611. The van der Waals surface area contributed by atoms with Crippen molar-refractivity contribution in [1.29, 1.82) is 0 Å². The van der Waals surface area contributed by atoms with Crippen LogP contribution >= 0.6 is 0 Å². The summed E-state index contributed by atoms with van der Waals surface area (Å²) in [7, 11) is 0. The lowest BCUT2D eigenvalue weighted by atomic mass is 9.99.